The number of hydrogen-bond donors (Lipinski definition) is 1. The summed E-state index contributed by atoms with van der Waals surface area (Å²) in [5.74, 6) is 0.540. The van der Waals surface area contributed by atoms with Crippen LogP contribution >= 0.6 is 0 Å². The number of rotatable bonds is 4. The Morgan fingerprint density at radius 1 is 1.14 bits per heavy atom. The number of aromatic nitrogens is 4. The monoisotopic (exact) mass is 281 g/mol. The average Bonchev–Trinajstić information content (AvgIpc) is 2.52. The summed E-state index contributed by atoms with van der Waals surface area (Å²) < 4.78 is 5.11. The minimum absolute atomic E-state index is 0.540. The van der Waals surface area contributed by atoms with E-state index in [0.29, 0.717) is 30.2 Å². The molecule has 0 saturated carbocycles. The first-order chi connectivity index (χ1) is 10.3. The standard InChI is InChI=1S/C15H15N5O/c1-21-8-5-12-13(11(16)4-7-17-12)15-19-9-10-3-2-6-18-14(10)20-15/h2-4,6-7,9H,5,8H2,1H3,(H2,16,17). The number of pyridine rings is 2. The fourth-order valence-electron chi connectivity index (χ4n) is 2.15. The van der Waals surface area contributed by atoms with E-state index in [1.807, 2.05) is 12.1 Å². The number of ether oxygens (including phenoxy) is 1. The Bertz CT molecular complexity index is 775. The first-order valence-electron chi connectivity index (χ1n) is 6.60. The highest BCUT2D eigenvalue weighted by atomic mass is 16.5. The predicted molar refractivity (Wildman–Crippen MR) is 80.6 cm³/mol. The van der Waals surface area contributed by atoms with Gasteiger partial charge in [0.15, 0.2) is 11.5 Å². The Hall–Kier alpha value is -2.60. The minimum atomic E-state index is 0.540. The van der Waals surface area contributed by atoms with E-state index in [0.717, 1.165) is 16.6 Å². The lowest BCUT2D eigenvalue weighted by Gasteiger charge is -2.10. The van der Waals surface area contributed by atoms with E-state index in [1.54, 1.807) is 31.8 Å². The van der Waals surface area contributed by atoms with Gasteiger partial charge in [0.25, 0.3) is 0 Å². The third-order valence-corrected chi connectivity index (χ3v) is 3.18. The highest BCUT2D eigenvalue weighted by Crippen LogP contribution is 2.26. The zero-order valence-corrected chi connectivity index (χ0v) is 11.7. The maximum atomic E-state index is 6.09. The maximum absolute atomic E-state index is 6.09. The molecule has 106 valence electrons. The molecular formula is C15H15N5O. The van der Waals surface area contributed by atoms with Gasteiger partial charge in [-0.2, -0.15) is 0 Å². The van der Waals surface area contributed by atoms with Crippen molar-refractivity contribution in [2.24, 2.45) is 0 Å². The van der Waals surface area contributed by atoms with E-state index >= 15 is 0 Å². The second-order valence-corrected chi connectivity index (χ2v) is 4.57. The summed E-state index contributed by atoms with van der Waals surface area (Å²) in [6.07, 6.45) is 5.79. The maximum Gasteiger partial charge on any atom is 0.165 e. The molecule has 6 nitrogen and oxygen atoms in total. The number of fused-ring (bicyclic) bond motifs is 1. The van der Waals surface area contributed by atoms with E-state index in [-0.39, 0.29) is 0 Å². The van der Waals surface area contributed by atoms with Crippen LogP contribution in [0.4, 0.5) is 5.69 Å². The molecule has 0 aliphatic rings. The molecule has 0 radical (unpaired) electrons. The quantitative estimate of drug-likeness (QED) is 0.785. The van der Waals surface area contributed by atoms with Gasteiger partial charge in [-0.05, 0) is 18.2 Å². The fourth-order valence-corrected chi connectivity index (χ4v) is 2.15. The number of nitrogen functional groups attached to an aromatic ring is 1. The second kappa shape index (κ2) is 5.80. The first kappa shape index (κ1) is 13.4. The molecule has 0 bridgehead atoms. The Morgan fingerprint density at radius 3 is 2.90 bits per heavy atom. The van der Waals surface area contributed by atoms with Crippen LogP contribution in [-0.4, -0.2) is 33.7 Å². The average molecular weight is 281 g/mol. The SMILES string of the molecule is COCCc1nccc(N)c1-c1ncc2cccnc2n1. The van der Waals surface area contributed by atoms with Crippen LogP contribution in [0.1, 0.15) is 5.69 Å². The van der Waals surface area contributed by atoms with Gasteiger partial charge in [-0.15, -0.1) is 0 Å². The molecule has 0 unspecified atom stereocenters. The summed E-state index contributed by atoms with van der Waals surface area (Å²) in [6.45, 7) is 0.565. The van der Waals surface area contributed by atoms with Crippen LogP contribution in [0.25, 0.3) is 22.4 Å². The van der Waals surface area contributed by atoms with Gasteiger partial charge in [0.05, 0.1) is 17.9 Å². The van der Waals surface area contributed by atoms with Crippen molar-refractivity contribution in [2.75, 3.05) is 19.5 Å². The number of anilines is 1. The van der Waals surface area contributed by atoms with Crippen molar-refractivity contribution in [3.8, 4) is 11.4 Å². The highest BCUT2D eigenvalue weighted by Gasteiger charge is 2.13. The zero-order chi connectivity index (χ0) is 14.7. The van der Waals surface area contributed by atoms with E-state index < -0.39 is 0 Å². The molecule has 3 rings (SSSR count). The van der Waals surface area contributed by atoms with Gasteiger partial charge in [-0.1, -0.05) is 0 Å². The Labute approximate surface area is 122 Å². The highest BCUT2D eigenvalue weighted by molar-refractivity contribution is 5.79. The van der Waals surface area contributed by atoms with Crippen LogP contribution in [0, 0.1) is 0 Å². The predicted octanol–water partition coefficient (Wildman–Crippen LogP) is 1.86. The van der Waals surface area contributed by atoms with Crippen LogP contribution < -0.4 is 5.73 Å². The molecule has 0 spiro atoms. The summed E-state index contributed by atoms with van der Waals surface area (Å²) in [4.78, 5) is 17.5. The summed E-state index contributed by atoms with van der Waals surface area (Å²) in [5, 5.41) is 0.891. The molecule has 6 heteroatoms. The van der Waals surface area contributed by atoms with Crippen LogP contribution in [0.3, 0.4) is 0 Å². The van der Waals surface area contributed by atoms with Crippen LogP contribution in [0.2, 0.25) is 0 Å². The van der Waals surface area contributed by atoms with Gasteiger partial charge in [0.2, 0.25) is 0 Å². The van der Waals surface area contributed by atoms with Crippen molar-refractivity contribution in [1.82, 2.24) is 19.9 Å². The second-order valence-electron chi connectivity index (χ2n) is 4.57. The Morgan fingerprint density at radius 2 is 2.05 bits per heavy atom. The zero-order valence-electron chi connectivity index (χ0n) is 11.7. The van der Waals surface area contributed by atoms with E-state index in [1.165, 1.54) is 0 Å². The smallest absolute Gasteiger partial charge is 0.165 e. The molecule has 0 aromatic carbocycles. The normalized spacial score (nSPS) is 10.9. The molecule has 3 heterocycles. The molecule has 0 saturated heterocycles. The molecule has 0 amide bonds. The summed E-state index contributed by atoms with van der Waals surface area (Å²) in [6, 6.07) is 5.52. The van der Waals surface area contributed by atoms with Crippen molar-refractivity contribution in [3.05, 3.63) is 42.5 Å². The van der Waals surface area contributed by atoms with Crippen molar-refractivity contribution >= 4 is 16.7 Å². The molecule has 3 aromatic heterocycles. The van der Waals surface area contributed by atoms with Crippen LogP contribution in [-0.2, 0) is 11.2 Å². The number of nitrogens with two attached hydrogens (primary N) is 1. The summed E-state index contributed by atoms with van der Waals surface area (Å²) >= 11 is 0. The van der Waals surface area contributed by atoms with Gasteiger partial charge < -0.3 is 10.5 Å². The van der Waals surface area contributed by atoms with Crippen molar-refractivity contribution in [1.29, 1.82) is 0 Å². The van der Waals surface area contributed by atoms with Crippen LogP contribution in [0.5, 0.6) is 0 Å². The topological polar surface area (TPSA) is 86.8 Å². The number of methoxy groups -OCH3 is 1. The van der Waals surface area contributed by atoms with E-state index in [9.17, 15) is 0 Å². The Balaban J connectivity index is 2.12. The lowest BCUT2D eigenvalue weighted by Crippen LogP contribution is -2.05. The third-order valence-electron chi connectivity index (χ3n) is 3.18. The summed E-state index contributed by atoms with van der Waals surface area (Å²) in [7, 11) is 1.66. The molecule has 21 heavy (non-hydrogen) atoms. The molecule has 0 fully saturated rings. The van der Waals surface area contributed by atoms with Gasteiger partial charge in [-0.25, -0.2) is 15.0 Å². The molecule has 2 N–H and O–H groups in total. The van der Waals surface area contributed by atoms with Crippen LogP contribution in [0.15, 0.2) is 36.8 Å². The largest absolute Gasteiger partial charge is 0.398 e. The van der Waals surface area contributed by atoms with Crippen molar-refractivity contribution in [2.45, 2.75) is 6.42 Å². The third kappa shape index (κ3) is 2.66. The van der Waals surface area contributed by atoms with Gasteiger partial charge >= 0.3 is 0 Å². The van der Waals surface area contributed by atoms with Gasteiger partial charge in [-0.3, -0.25) is 4.98 Å². The molecule has 0 aliphatic heterocycles. The van der Waals surface area contributed by atoms with E-state index in [4.69, 9.17) is 10.5 Å². The molecule has 0 aliphatic carbocycles. The lowest BCUT2D eigenvalue weighted by molar-refractivity contribution is 0.201. The number of hydrogen-bond acceptors (Lipinski definition) is 6. The van der Waals surface area contributed by atoms with Crippen molar-refractivity contribution < 1.29 is 4.74 Å². The fraction of sp³-hybridized carbons (Fsp3) is 0.200. The molecule has 0 atom stereocenters. The molecular weight excluding hydrogens is 266 g/mol. The lowest BCUT2D eigenvalue weighted by atomic mass is 10.1. The first-order valence-corrected chi connectivity index (χ1v) is 6.60. The Kier molecular flexibility index (Phi) is 3.70. The van der Waals surface area contributed by atoms with Gasteiger partial charge in [0.1, 0.15) is 0 Å². The molecule has 3 aromatic rings. The van der Waals surface area contributed by atoms with E-state index in [2.05, 4.69) is 19.9 Å². The van der Waals surface area contributed by atoms with Gasteiger partial charge in [0, 0.05) is 43.2 Å². The minimum Gasteiger partial charge on any atom is -0.398 e. The number of nitrogens with zero attached hydrogens (tertiary/aromatic N) is 4. The summed E-state index contributed by atoms with van der Waals surface area (Å²) in [5.41, 5.74) is 8.91. The van der Waals surface area contributed by atoms with Crippen molar-refractivity contribution in [3.63, 3.8) is 0 Å².